The van der Waals surface area contributed by atoms with Crippen molar-refractivity contribution >= 4 is 22.6 Å². The predicted octanol–water partition coefficient (Wildman–Crippen LogP) is 3.50. The fourth-order valence-corrected chi connectivity index (χ4v) is 2.57. The van der Waals surface area contributed by atoms with Crippen molar-refractivity contribution in [1.82, 2.24) is 9.88 Å². The zero-order valence-electron chi connectivity index (χ0n) is 11.7. The van der Waals surface area contributed by atoms with Crippen LogP contribution in [0.1, 0.15) is 19.8 Å². The number of likely N-dealkylation sites (tertiary alicyclic amines) is 1. The molecule has 2 amide bonds. The Kier molecular flexibility index (Phi) is 3.54. The van der Waals surface area contributed by atoms with E-state index in [1.807, 2.05) is 35.2 Å². The van der Waals surface area contributed by atoms with Gasteiger partial charge in [-0.2, -0.15) is 0 Å². The topological polar surface area (TPSA) is 45.2 Å². The third-order valence-electron chi connectivity index (χ3n) is 3.93. The quantitative estimate of drug-likeness (QED) is 0.861. The summed E-state index contributed by atoms with van der Waals surface area (Å²) in [5, 5.41) is 4.02. The average molecular weight is 269 g/mol. The average Bonchev–Trinajstić information content (AvgIpc) is 2.48. The molecule has 0 saturated carbocycles. The molecule has 1 fully saturated rings. The number of rotatable bonds is 1. The third-order valence-corrected chi connectivity index (χ3v) is 3.93. The second-order valence-corrected chi connectivity index (χ2v) is 5.51. The summed E-state index contributed by atoms with van der Waals surface area (Å²) >= 11 is 0. The first-order valence-corrected chi connectivity index (χ1v) is 7.13. The second kappa shape index (κ2) is 5.49. The Balaban J connectivity index is 1.71. The van der Waals surface area contributed by atoms with E-state index in [2.05, 4.69) is 17.2 Å². The van der Waals surface area contributed by atoms with Gasteiger partial charge in [0.05, 0.1) is 5.52 Å². The summed E-state index contributed by atoms with van der Waals surface area (Å²) in [6.45, 7) is 3.94. The molecular weight excluding hydrogens is 250 g/mol. The number of urea groups is 1. The van der Waals surface area contributed by atoms with Crippen LogP contribution in [0.25, 0.3) is 10.9 Å². The second-order valence-electron chi connectivity index (χ2n) is 5.51. The first kappa shape index (κ1) is 12.9. The zero-order valence-corrected chi connectivity index (χ0v) is 11.7. The number of nitrogens with zero attached hydrogens (tertiary/aromatic N) is 2. The minimum atomic E-state index is 0.000130. The van der Waals surface area contributed by atoms with Crippen LogP contribution in [0.2, 0.25) is 0 Å². The fraction of sp³-hybridized carbons (Fsp3) is 0.375. The van der Waals surface area contributed by atoms with E-state index in [0.29, 0.717) is 0 Å². The highest BCUT2D eigenvalue weighted by Crippen LogP contribution is 2.19. The first-order chi connectivity index (χ1) is 9.72. The Morgan fingerprint density at radius 1 is 1.30 bits per heavy atom. The molecule has 0 aliphatic carbocycles. The van der Waals surface area contributed by atoms with E-state index in [9.17, 15) is 4.79 Å². The van der Waals surface area contributed by atoms with Crippen molar-refractivity contribution in [3.8, 4) is 0 Å². The van der Waals surface area contributed by atoms with Crippen molar-refractivity contribution < 1.29 is 4.79 Å². The van der Waals surface area contributed by atoms with Crippen molar-refractivity contribution in [2.45, 2.75) is 19.8 Å². The Morgan fingerprint density at radius 3 is 2.90 bits per heavy atom. The lowest BCUT2D eigenvalue weighted by Crippen LogP contribution is -2.40. The third kappa shape index (κ3) is 2.74. The molecule has 0 unspecified atom stereocenters. The minimum Gasteiger partial charge on any atom is -0.325 e. The monoisotopic (exact) mass is 269 g/mol. The summed E-state index contributed by atoms with van der Waals surface area (Å²) in [6, 6.07) is 9.70. The Morgan fingerprint density at radius 2 is 2.10 bits per heavy atom. The Labute approximate surface area is 118 Å². The summed E-state index contributed by atoms with van der Waals surface area (Å²) in [5.41, 5.74) is 1.77. The minimum absolute atomic E-state index is 0.000130. The maximum absolute atomic E-state index is 12.2. The number of pyridine rings is 1. The number of aromatic nitrogens is 1. The van der Waals surface area contributed by atoms with Gasteiger partial charge in [-0.15, -0.1) is 0 Å². The number of anilines is 1. The number of hydrogen-bond donors (Lipinski definition) is 1. The van der Waals surface area contributed by atoms with E-state index in [4.69, 9.17) is 0 Å². The number of carbonyl (C=O) groups excluding carboxylic acids is 1. The van der Waals surface area contributed by atoms with Crippen LogP contribution in [0.3, 0.4) is 0 Å². The number of benzene rings is 1. The molecule has 0 spiro atoms. The van der Waals surface area contributed by atoms with E-state index in [0.717, 1.165) is 48.4 Å². The van der Waals surface area contributed by atoms with E-state index in [1.54, 1.807) is 6.20 Å². The maximum atomic E-state index is 12.2. The van der Waals surface area contributed by atoms with Gasteiger partial charge in [0, 0.05) is 30.4 Å². The van der Waals surface area contributed by atoms with Gasteiger partial charge in [0.25, 0.3) is 0 Å². The molecule has 1 aliphatic heterocycles. The van der Waals surface area contributed by atoms with E-state index < -0.39 is 0 Å². The van der Waals surface area contributed by atoms with Crippen LogP contribution in [-0.2, 0) is 0 Å². The molecule has 2 aromatic rings. The molecule has 3 rings (SSSR count). The number of amides is 2. The van der Waals surface area contributed by atoms with Gasteiger partial charge in [0.15, 0.2) is 0 Å². The first-order valence-electron chi connectivity index (χ1n) is 7.13. The molecule has 1 aliphatic rings. The molecule has 0 radical (unpaired) electrons. The van der Waals surface area contributed by atoms with Gasteiger partial charge in [-0.1, -0.05) is 13.0 Å². The molecule has 20 heavy (non-hydrogen) atoms. The van der Waals surface area contributed by atoms with Crippen LogP contribution < -0.4 is 5.32 Å². The summed E-state index contributed by atoms with van der Waals surface area (Å²) in [6.07, 6.45) is 3.96. The molecule has 0 bridgehead atoms. The Hall–Kier alpha value is -2.10. The Bertz CT molecular complexity index is 618. The SMILES string of the molecule is CC1CCN(C(=O)Nc2ccc3ncccc3c2)CC1. The van der Waals surface area contributed by atoms with Crippen molar-refractivity contribution in [3.63, 3.8) is 0 Å². The van der Waals surface area contributed by atoms with Crippen LogP contribution in [0.4, 0.5) is 10.5 Å². The zero-order chi connectivity index (χ0) is 13.9. The van der Waals surface area contributed by atoms with Gasteiger partial charge in [-0.05, 0) is 43.0 Å². The molecule has 1 saturated heterocycles. The van der Waals surface area contributed by atoms with Crippen molar-refractivity contribution in [1.29, 1.82) is 0 Å². The number of nitrogens with one attached hydrogen (secondary N) is 1. The molecule has 104 valence electrons. The predicted molar refractivity (Wildman–Crippen MR) is 80.7 cm³/mol. The van der Waals surface area contributed by atoms with Crippen molar-refractivity contribution in [2.24, 2.45) is 5.92 Å². The van der Waals surface area contributed by atoms with E-state index in [1.165, 1.54) is 0 Å². The standard InChI is InChI=1S/C16H19N3O/c1-12-6-9-19(10-7-12)16(20)18-14-4-5-15-13(11-14)3-2-8-17-15/h2-5,8,11-12H,6-7,9-10H2,1H3,(H,18,20). The van der Waals surface area contributed by atoms with Crippen molar-refractivity contribution in [3.05, 3.63) is 36.5 Å². The van der Waals surface area contributed by atoms with E-state index in [-0.39, 0.29) is 6.03 Å². The molecule has 1 N–H and O–H groups in total. The van der Waals surface area contributed by atoms with Crippen LogP contribution in [0.15, 0.2) is 36.5 Å². The summed E-state index contributed by atoms with van der Waals surface area (Å²) < 4.78 is 0. The number of piperidine rings is 1. The molecule has 2 heterocycles. The maximum Gasteiger partial charge on any atom is 0.321 e. The number of fused-ring (bicyclic) bond motifs is 1. The van der Waals surface area contributed by atoms with Crippen LogP contribution >= 0.6 is 0 Å². The summed E-state index contributed by atoms with van der Waals surface area (Å²) in [7, 11) is 0. The van der Waals surface area contributed by atoms with Crippen LogP contribution in [-0.4, -0.2) is 29.0 Å². The van der Waals surface area contributed by atoms with Gasteiger partial charge in [-0.25, -0.2) is 4.79 Å². The number of hydrogen-bond acceptors (Lipinski definition) is 2. The lowest BCUT2D eigenvalue weighted by atomic mass is 10.00. The van der Waals surface area contributed by atoms with Gasteiger partial charge in [0.1, 0.15) is 0 Å². The van der Waals surface area contributed by atoms with Gasteiger partial charge >= 0.3 is 6.03 Å². The largest absolute Gasteiger partial charge is 0.325 e. The van der Waals surface area contributed by atoms with Gasteiger partial charge < -0.3 is 10.2 Å². The summed E-state index contributed by atoms with van der Waals surface area (Å²) in [5.74, 6) is 0.728. The van der Waals surface area contributed by atoms with Crippen LogP contribution in [0.5, 0.6) is 0 Å². The molecule has 1 aromatic carbocycles. The van der Waals surface area contributed by atoms with Gasteiger partial charge in [-0.3, -0.25) is 4.98 Å². The fourth-order valence-electron chi connectivity index (χ4n) is 2.57. The lowest BCUT2D eigenvalue weighted by molar-refractivity contribution is 0.186. The van der Waals surface area contributed by atoms with Crippen molar-refractivity contribution in [2.75, 3.05) is 18.4 Å². The molecule has 4 heteroatoms. The lowest BCUT2D eigenvalue weighted by Gasteiger charge is -2.30. The smallest absolute Gasteiger partial charge is 0.321 e. The van der Waals surface area contributed by atoms with E-state index >= 15 is 0 Å². The normalized spacial score (nSPS) is 16.4. The molecule has 0 atom stereocenters. The highest BCUT2D eigenvalue weighted by Gasteiger charge is 2.20. The van der Waals surface area contributed by atoms with Gasteiger partial charge in [0.2, 0.25) is 0 Å². The summed E-state index contributed by atoms with van der Waals surface area (Å²) in [4.78, 5) is 18.4. The molecule has 4 nitrogen and oxygen atoms in total. The molecule has 1 aromatic heterocycles. The highest BCUT2D eigenvalue weighted by molar-refractivity contribution is 5.92. The molecular formula is C16H19N3O. The highest BCUT2D eigenvalue weighted by atomic mass is 16.2. The van der Waals surface area contributed by atoms with Crippen LogP contribution in [0, 0.1) is 5.92 Å². The number of carbonyl (C=O) groups is 1.